The zero-order valence-electron chi connectivity index (χ0n) is 12.0. The third-order valence-corrected chi connectivity index (χ3v) is 3.86. The highest BCUT2D eigenvalue weighted by atomic mass is 16.5. The van der Waals surface area contributed by atoms with E-state index < -0.39 is 0 Å². The summed E-state index contributed by atoms with van der Waals surface area (Å²) in [7, 11) is 0. The summed E-state index contributed by atoms with van der Waals surface area (Å²) in [6.45, 7) is 7.02. The van der Waals surface area contributed by atoms with Gasteiger partial charge in [-0.2, -0.15) is 0 Å². The fraction of sp³-hybridized carbons (Fsp3) is 0.625. The van der Waals surface area contributed by atoms with Crippen LogP contribution in [0.4, 0.5) is 5.69 Å². The van der Waals surface area contributed by atoms with Gasteiger partial charge < -0.3 is 14.7 Å². The number of hydrogen-bond donors (Lipinski definition) is 1. The third kappa shape index (κ3) is 3.71. The lowest BCUT2D eigenvalue weighted by Gasteiger charge is -2.26. The van der Waals surface area contributed by atoms with Gasteiger partial charge in [-0.15, -0.1) is 0 Å². The van der Waals surface area contributed by atoms with E-state index in [1.165, 1.54) is 18.5 Å². The number of benzene rings is 1. The van der Waals surface area contributed by atoms with Crippen molar-refractivity contribution in [1.82, 2.24) is 0 Å². The van der Waals surface area contributed by atoms with E-state index in [1.807, 2.05) is 19.1 Å². The Labute approximate surface area is 116 Å². The zero-order chi connectivity index (χ0) is 13.7. The third-order valence-electron chi connectivity index (χ3n) is 3.86. The van der Waals surface area contributed by atoms with Crippen molar-refractivity contribution in [3.8, 4) is 0 Å². The summed E-state index contributed by atoms with van der Waals surface area (Å²) in [4.78, 5) is 2.35. The van der Waals surface area contributed by atoms with Gasteiger partial charge in [0.15, 0.2) is 0 Å². The maximum atomic E-state index is 9.81. The molecule has 1 aromatic rings. The van der Waals surface area contributed by atoms with Gasteiger partial charge in [-0.05, 0) is 43.9 Å². The summed E-state index contributed by atoms with van der Waals surface area (Å²) >= 11 is 0. The van der Waals surface area contributed by atoms with Crippen LogP contribution >= 0.6 is 0 Å². The van der Waals surface area contributed by atoms with Gasteiger partial charge in [-0.25, -0.2) is 0 Å². The van der Waals surface area contributed by atoms with Gasteiger partial charge in [0, 0.05) is 25.4 Å². The highest BCUT2D eigenvalue weighted by Crippen LogP contribution is 2.22. The number of ether oxygens (including phenoxy) is 1. The Morgan fingerprint density at radius 2 is 2.05 bits per heavy atom. The lowest BCUT2D eigenvalue weighted by molar-refractivity contribution is 0.115. The van der Waals surface area contributed by atoms with E-state index >= 15 is 0 Å². The predicted octanol–water partition coefficient (Wildman–Crippen LogP) is 3.14. The largest absolute Gasteiger partial charge is 0.388 e. The Balaban J connectivity index is 2.01. The molecule has 0 amide bonds. The van der Waals surface area contributed by atoms with Crippen molar-refractivity contribution in [1.29, 1.82) is 0 Å². The number of hydrogen-bond acceptors (Lipinski definition) is 3. The SMILES string of the molecule is CC[C@@H](O)c1ccc(N(CC)CC2CCCO2)cc1. The second-order valence-corrected chi connectivity index (χ2v) is 5.19. The number of aliphatic hydroxyl groups is 1. The Morgan fingerprint density at radius 1 is 1.32 bits per heavy atom. The lowest BCUT2D eigenvalue weighted by atomic mass is 10.1. The van der Waals surface area contributed by atoms with Gasteiger partial charge in [0.2, 0.25) is 0 Å². The van der Waals surface area contributed by atoms with Crippen LogP contribution in [0.25, 0.3) is 0 Å². The van der Waals surface area contributed by atoms with Crippen LogP contribution in [0.5, 0.6) is 0 Å². The Bertz CT molecular complexity index is 371. The molecule has 106 valence electrons. The first kappa shape index (κ1) is 14.4. The molecule has 0 radical (unpaired) electrons. The van der Waals surface area contributed by atoms with E-state index in [4.69, 9.17) is 4.74 Å². The Hall–Kier alpha value is -1.06. The van der Waals surface area contributed by atoms with Crippen molar-refractivity contribution in [2.24, 2.45) is 0 Å². The van der Waals surface area contributed by atoms with Crippen molar-refractivity contribution in [2.75, 3.05) is 24.6 Å². The molecule has 2 rings (SSSR count). The first-order chi connectivity index (χ1) is 9.24. The normalized spacial score (nSPS) is 20.5. The minimum absolute atomic E-state index is 0.345. The minimum Gasteiger partial charge on any atom is -0.388 e. The molecule has 0 bridgehead atoms. The van der Waals surface area contributed by atoms with E-state index in [1.54, 1.807) is 0 Å². The summed E-state index contributed by atoms with van der Waals surface area (Å²) in [5.41, 5.74) is 2.21. The molecule has 3 nitrogen and oxygen atoms in total. The maximum absolute atomic E-state index is 9.81. The number of likely N-dealkylation sites (N-methyl/N-ethyl adjacent to an activating group) is 1. The first-order valence-electron chi connectivity index (χ1n) is 7.39. The quantitative estimate of drug-likeness (QED) is 0.856. The van der Waals surface area contributed by atoms with Crippen LogP contribution in [0, 0.1) is 0 Å². The number of aliphatic hydroxyl groups excluding tert-OH is 1. The molecule has 0 spiro atoms. The van der Waals surface area contributed by atoms with E-state index in [0.717, 1.165) is 31.7 Å². The van der Waals surface area contributed by atoms with Crippen LogP contribution in [0.1, 0.15) is 44.8 Å². The summed E-state index contributed by atoms with van der Waals surface area (Å²) < 4.78 is 5.70. The summed E-state index contributed by atoms with van der Waals surface area (Å²) in [6.07, 6.45) is 3.14. The summed E-state index contributed by atoms with van der Waals surface area (Å²) in [6, 6.07) is 8.27. The van der Waals surface area contributed by atoms with Crippen molar-refractivity contribution in [3.05, 3.63) is 29.8 Å². The molecular weight excluding hydrogens is 238 g/mol. The molecule has 3 heteroatoms. The van der Waals surface area contributed by atoms with E-state index in [0.29, 0.717) is 6.10 Å². The molecule has 1 fully saturated rings. The van der Waals surface area contributed by atoms with Gasteiger partial charge in [0.05, 0.1) is 12.2 Å². The van der Waals surface area contributed by atoms with Gasteiger partial charge in [0.1, 0.15) is 0 Å². The molecule has 1 heterocycles. The van der Waals surface area contributed by atoms with Crippen LogP contribution in [-0.2, 0) is 4.74 Å². The van der Waals surface area contributed by atoms with Crippen LogP contribution in [0.15, 0.2) is 24.3 Å². The average Bonchev–Trinajstić information content (AvgIpc) is 2.97. The highest BCUT2D eigenvalue weighted by molar-refractivity contribution is 5.48. The Kier molecular flexibility index (Phi) is 5.23. The van der Waals surface area contributed by atoms with Crippen LogP contribution < -0.4 is 4.90 Å². The molecule has 1 aromatic carbocycles. The predicted molar refractivity (Wildman–Crippen MR) is 78.6 cm³/mol. The van der Waals surface area contributed by atoms with E-state index in [2.05, 4.69) is 24.0 Å². The molecule has 1 saturated heterocycles. The van der Waals surface area contributed by atoms with Gasteiger partial charge in [-0.1, -0.05) is 19.1 Å². The number of anilines is 1. The fourth-order valence-corrected chi connectivity index (χ4v) is 2.59. The molecule has 0 aromatic heterocycles. The maximum Gasteiger partial charge on any atom is 0.0787 e. The average molecular weight is 263 g/mol. The molecule has 0 aliphatic carbocycles. The molecule has 0 saturated carbocycles. The lowest BCUT2D eigenvalue weighted by Crippen LogP contribution is -2.31. The molecule has 1 unspecified atom stereocenters. The second kappa shape index (κ2) is 6.92. The van der Waals surface area contributed by atoms with Gasteiger partial charge >= 0.3 is 0 Å². The van der Waals surface area contributed by atoms with Crippen LogP contribution in [0.3, 0.4) is 0 Å². The Morgan fingerprint density at radius 3 is 2.58 bits per heavy atom. The molecule has 2 atom stereocenters. The van der Waals surface area contributed by atoms with Crippen molar-refractivity contribution >= 4 is 5.69 Å². The smallest absolute Gasteiger partial charge is 0.0787 e. The molecule has 1 N–H and O–H groups in total. The highest BCUT2D eigenvalue weighted by Gasteiger charge is 2.18. The van der Waals surface area contributed by atoms with Crippen LogP contribution in [0.2, 0.25) is 0 Å². The molecule has 19 heavy (non-hydrogen) atoms. The van der Waals surface area contributed by atoms with Crippen molar-refractivity contribution in [3.63, 3.8) is 0 Å². The monoisotopic (exact) mass is 263 g/mol. The minimum atomic E-state index is -0.345. The topological polar surface area (TPSA) is 32.7 Å². The van der Waals surface area contributed by atoms with E-state index in [9.17, 15) is 5.11 Å². The first-order valence-corrected chi connectivity index (χ1v) is 7.39. The molecule has 1 aliphatic heterocycles. The van der Waals surface area contributed by atoms with E-state index in [-0.39, 0.29) is 6.10 Å². The summed E-state index contributed by atoms with van der Waals surface area (Å²) in [5, 5.41) is 9.81. The number of nitrogens with zero attached hydrogens (tertiary/aromatic N) is 1. The molecule has 1 aliphatic rings. The molecular formula is C16H25NO2. The fourth-order valence-electron chi connectivity index (χ4n) is 2.59. The summed E-state index contributed by atoms with van der Waals surface area (Å²) in [5.74, 6) is 0. The zero-order valence-corrected chi connectivity index (χ0v) is 12.0. The van der Waals surface area contributed by atoms with Gasteiger partial charge in [-0.3, -0.25) is 0 Å². The standard InChI is InChI=1S/C16H25NO2/c1-3-16(18)13-7-9-14(10-8-13)17(4-2)12-15-6-5-11-19-15/h7-10,15-16,18H,3-6,11-12H2,1-2H3/t15?,16-/m1/s1. The van der Waals surface area contributed by atoms with Crippen molar-refractivity contribution in [2.45, 2.75) is 45.3 Å². The van der Waals surface area contributed by atoms with Crippen LogP contribution in [-0.4, -0.2) is 30.9 Å². The van der Waals surface area contributed by atoms with Gasteiger partial charge in [0.25, 0.3) is 0 Å². The second-order valence-electron chi connectivity index (χ2n) is 5.19. The van der Waals surface area contributed by atoms with Crippen molar-refractivity contribution < 1.29 is 9.84 Å². The number of rotatable bonds is 6.